The summed E-state index contributed by atoms with van der Waals surface area (Å²) in [7, 11) is 0. The Bertz CT molecular complexity index is 412. The molecule has 3 rings (SSSR count). The third-order valence-electron chi connectivity index (χ3n) is 4.58. The maximum atomic E-state index is 4.15. The number of allylic oxidation sites excluding steroid dienone is 2. The van der Waals surface area contributed by atoms with Crippen molar-refractivity contribution in [3.63, 3.8) is 0 Å². The third-order valence-corrected chi connectivity index (χ3v) is 4.58. The quantitative estimate of drug-likeness (QED) is 0.803. The molecular formula is C16H22N2. The first-order chi connectivity index (χ1) is 8.83. The second-order valence-corrected chi connectivity index (χ2v) is 5.80. The first-order valence-electron chi connectivity index (χ1n) is 7.13. The summed E-state index contributed by atoms with van der Waals surface area (Å²) in [6.07, 6.45) is 12.5. The highest BCUT2D eigenvalue weighted by Gasteiger charge is 2.38. The smallest absolute Gasteiger partial charge is 0.0300 e. The van der Waals surface area contributed by atoms with Crippen LogP contribution in [0.5, 0.6) is 0 Å². The standard InChI is InChI=1S/C16H22N2/c1-12(16-10-14-4-5-15(16)9-14)18-8-6-13-3-2-7-17-11-13/h2-5,7,11-12,14-16,18H,6,8-10H2,1H3. The van der Waals surface area contributed by atoms with E-state index in [0.717, 1.165) is 30.7 Å². The largest absolute Gasteiger partial charge is 0.314 e. The number of rotatable bonds is 5. The second kappa shape index (κ2) is 5.23. The molecule has 2 nitrogen and oxygen atoms in total. The summed E-state index contributed by atoms with van der Waals surface area (Å²) in [5.41, 5.74) is 1.32. The Labute approximate surface area is 110 Å². The van der Waals surface area contributed by atoms with Gasteiger partial charge in [-0.25, -0.2) is 0 Å². The highest BCUT2D eigenvalue weighted by atomic mass is 14.9. The molecule has 4 atom stereocenters. The molecule has 18 heavy (non-hydrogen) atoms. The van der Waals surface area contributed by atoms with Crippen molar-refractivity contribution < 1.29 is 0 Å². The number of hydrogen-bond acceptors (Lipinski definition) is 2. The minimum Gasteiger partial charge on any atom is -0.314 e. The van der Waals surface area contributed by atoms with Crippen LogP contribution in [0.3, 0.4) is 0 Å². The predicted octanol–water partition coefficient (Wildman–Crippen LogP) is 2.81. The van der Waals surface area contributed by atoms with Crippen LogP contribution in [-0.4, -0.2) is 17.6 Å². The SMILES string of the molecule is CC(NCCc1cccnc1)C1CC2C=CC1C2. The summed E-state index contributed by atoms with van der Waals surface area (Å²) >= 11 is 0. The van der Waals surface area contributed by atoms with E-state index in [2.05, 4.69) is 35.4 Å². The fraction of sp³-hybridized carbons (Fsp3) is 0.562. The zero-order chi connectivity index (χ0) is 12.4. The average Bonchev–Trinajstić information content (AvgIpc) is 3.02. The molecule has 4 unspecified atom stereocenters. The Hall–Kier alpha value is -1.15. The van der Waals surface area contributed by atoms with Crippen molar-refractivity contribution >= 4 is 0 Å². The molecule has 1 N–H and O–H groups in total. The molecule has 2 heteroatoms. The minimum atomic E-state index is 0.640. The summed E-state index contributed by atoms with van der Waals surface area (Å²) in [6, 6.07) is 4.81. The number of fused-ring (bicyclic) bond motifs is 2. The Balaban J connectivity index is 1.45. The fourth-order valence-corrected chi connectivity index (χ4v) is 3.54. The van der Waals surface area contributed by atoms with Crippen LogP contribution in [0.25, 0.3) is 0 Å². The molecule has 2 aliphatic carbocycles. The lowest BCUT2D eigenvalue weighted by Gasteiger charge is -2.26. The van der Waals surface area contributed by atoms with Gasteiger partial charge in [0.1, 0.15) is 0 Å². The van der Waals surface area contributed by atoms with Gasteiger partial charge in [-0.3, -0.25) is 4.98 Å². The van der Waals surface area contributed by atoms with Gasteiger partial charge in [0, 0.05) is 18.4 Å². The number of aromatic nitrogens is 1. The van der Waals surface area contributed by atoms with E-state index in [-0.39, 0.29) is 0 Å². The van der Waals surface area contributed by atoms with E-state index in [0.29, 0.717) is 6.04 Å². The zero-order valence-corrected chi connectivity index (χ0v) is 11.0. The molecule has 1 aromatic heterocycles. The Morgan fingerprint density at radius 2 is 2.33 bits per heavy atom. The molecule has 1 fully saturated rings. The van der Waals surface area contributed by atoms with Crippen molar-refractivity contribution in [3.05, 3.63) is 42.2 Å². The molecule has 2 bridgehead atoms. The Morgan fingerprint density at radius 1 is 1.39 bits per heavy atom. The molecule has 96 valence electrons. The number of nitrogens with zero attached hydrogens (tertiary/aromatic N) is 1. The molecule has 1 saturated carbocycles. The van der Waals surface area contributed by atoms with Crippen molar-refractivity contribution in [2.75, 3.05) is 6.54 Å². The van der Waals surface area contributed by atoms with Gasteiger partial charge in [-0.15, -0.1) is 0 Å². The van der Waals surface area contributed by atoms with E-state index >= 15 is 0 Å². The average molecular weight is 242 g/mol. The molecule has 0 aromatic carbocycles. The van der Waals surface area contributed by atoms with Crippen molar-refractivity contribution in [1.29, 1.82) is 0 Å². The molecule has 2 aliphatic rings. The van der Waals surface area contributed by atoms with Crippen molar-refractivity contribution in [2.24, 2.45) is 17.8 Å². The van der Waals surface area contributed by atoms with E-state index in [1.165, 1.54) is 18.4 Å². The lowest BCUT2D eigenvalue weighted by Crippen LogP contribution is -2.36. The van der Waals surface area contributed by atoms with Gasteiger partial charge in [0.05, 0.1) is 0 Å². The summed E-state index contributed by atoms with van der Waals surface area (Å²) in [6.45, 7) is 3.41. The molecule has 0 spiro atoms. The predicted molar refractivity (Wildman–Crippen MR) is 74.2 cm³/mol. The Kier molecular flexibility index (Phi) is 3.46. The van der Waals surface area contributed by atoms with Crippen LogP contribution in [0.4, 0.5) is 0 Å². The van der Waals surface area contributed by atoms with E-state index in [1.807, 2.05) is 18.5 Å². The van der Waals surface area contributed by atoms with Gasteiger partial charge in [-0.1, -0.05) is 18.2 Å². The molecule has 0 radical (unpaired) electrons. The lowest BCUT2D eigenvalue weighted by atomic mass is 9.87. The van der Waals surface area contributed by atoms with Gasteiger partial charge in [0.2, 0.25) is 0 Å². The summed E-state index contributed by atoms with van der Waals surface area (Å²) in [5, 5.41) is 3.70. The maximum absolute atomic E-state index is 4.15. The number of nitrogens with one attached hydrogen (secondary N) is 1. The summed E-state index contributed by atoms with van der Waals surface area (Å²) in [5.74, 6) is 2.58. The van der Waals surface area contributed by atoms with Crippen molar-refractivity contribution in [1.82, 2.24) is 10.3 Å². The molecule has 0 amide bonds. The van der Waals surface area contributed by atoms with Crippen LogP contribution in [0, 0.1) is 17.8 Å². The van der Waals surface area contributed by atoms with Crippen LogP contribution >= 0.6 is 0 Å². The van der Waals surface area contributed by atoms with Gasteiger partial charge >= 0.3 is 0 Å². The van der Waals surface area contributed by atoms with E-state index in [4.69, 9.17) is 0 Å². The van der Waals surface area contributed by atoms with Gasteiger partial charge in [0.15, 0.2) is 0 Å². The summed E-state index contributed by atoms with van der Waals surface area (Å²) in [4.78, 5) is 4.15. The van der Waals surface area contributed by atoms with Crippen molar-refractivity contribution in [3.8, 4) is 0 Å². The lowest BCUT2D eigenvalue weighted by molar-refractivity contribution is 0.329. The number of pyridine rings is 1. The molecular weight excluding hydrogens is 220 g/mol. The highest BCUT2D eigenvalue weighted by molar-refractivity contribution is 5.12. The van der Waals surface area contributed by atoms with E-state index in [9.17, 15) is 0 Å². The first-order valence-corrected chi connectivity index (χ1v) is 7.13. The highest BCUT2D eigenvalue weighted by Crippen LogP contribution is 2.44. The Morgan fingerprint density at radius 3 is 3.00 bits per heavy atom. The van der Waals surface area contributed by atoms with Crippen molar-refractivity contribution in [2.45, 2.75) is 32.2 Å². The number of hydrogen-bond donors (Lipinski definition) is 1. The van der Waals surface area contributed by atoms with Gasteiger partial charge in [-0.2, -0.15) is 0 Å². The molecule has 0 saturated heterocycles. The minimum absolute atomic E-state index is 0.640. The van der Waals surface area contributed by atoms with Crippen LogP contribution in [-0.2, 0) is 6.42 Å². The topological polar surface area (TPSA) is 24.9 Å². The van der Waals surface area contributed by atoms with E-state index in [1.54, 1.807) is 0 Å². The van der Waals surface area contributed by atoms with Crippen LogP contribution in [0.2, 0.25) is 0 Å². The maximum Gasteiger partial charge on any atom is 0.0300 e. The van der Waals surface area contributed by atoms with Crippen LogP contribution in [0.1, 0.15) is 25.3 Å². The molecule has 1 heterocycles. The first kappa shape index (κ1) is 11.9. The van der Waals surface area contributed by atoms with Crippen LogP contribution in [0.15, 0.2) is 36.7 Å². The van der Waals surface area contributed by atoms with Crippen LogP contribution < -0.4 is 5.32 Å². The van der Waals surface area contributed by atoms with Gasteiger partial charge < -0.3 is 5.32 Å². The van der Waals surface area contributed by atoms with E-state index < -0.39 is 0 Å². The summed E-state index contributed by atoms with van der Waals surface area (Å²) < 4.78 is 0. The third kappa shape index (κ3) is 2.49. The zero-order valence-electron chi connectivity index (χ0n) is 11.0. The monoisotopic (exact) mass is 242 g/mol. The normalized spacial score (nSPS) is 30.8. The second-order valence-electron chi connectivity index (χ2n) is 5.80. The van der Waals surface area contributed by atoms with Gasteiger partial charge in [0.25, 0.3) is 0 Å². The molecule has 0 aliphatic heterocycles. The molecule has 1 aromatic rings. The fourth-order valence-electron chi connectivity index (χ4n) is 3.54. The van der Waals surface area contributed by atoms with Gasteiger partial charge in [-0.05, 0) is 62.1 Å².